The van der Waals surface area contributed by atoms with Crippen LogP contribution in [-0.2, 0) is 19.1 Å². The van der Waals surface area contributed by atoms with E-state index in [-0.39, 0.29) is 54.7 Å². The molecule has 0 bridgehead atoms. The van der Waals surface area contributed by atoms with Gasteiger partial charge in [-0.1, -0.05) is 27.7 Å². The first-order valence-corrected chi connectivity index (χ1v) is 13.1. The van der Waals surface area contributed by atoms with E-state index < -0.39 is 33.9 Å². The minimum Gasteiger partial charge on any atom is -0.469 e. The van der Waals surface area contributed by atoms with Gasteiger partial charge in [-0.2, -0.15) is 0 Å². The largest absolute Gasteiger partial charge is 0.469 e. The molecule has 2 fully saturated rings. The molecule has 3 N–H and O–H groups in total. The van der Waals surface area contributed by atoms with Crippen molar-refractivity contribution in [1.82, 2.24) is 0 Å². The van der Waals surface area contributed by atoms with Gasteiger partial charge in [-0.25, -0.2) is 0 Å². The molecule has 4 aliphatic rings. The molecule has 4 aliphatic carbocycles. The topological polar surface area (TPSA) is 121 Å². The van der Waals surface area contributed by atoms with Gasteiger partial charge >= 0.3 is 5.97 Å². The van der Waals surface area contributed by atoms with Crippen LogP contribution in [0.1, 0.15) is 79.6 Å². The van der Waals surface area contributed by atoms with Crippen molar-refractivity contribution in [3.05, 3.63) is 11.1 Å². The monoisotopic (exact) mass is 490 g/mol. The number of ether oxygens (including phenoxy) is 1. The predicted molar refractivity (Wildman–Crippen MR) is 129 cm³/mol. The highest BCUT2D eigenvalue weighted by atomic mass is 16.5. The van der Waals surface area contributed by atoms with E-state index in [4.69, 9.17) is 4.74 Å². The second kappa shape index (κ2) is 8.49. The molecule has 0 spiro atoms. The Morgan fingerprint density at radius 3 is 2.43 bits per heavy atom. The summed E-state index contributed by atoms with van der Waals surface area (Å²) in [5.74, 6) is -0.588. The maximum atomic E-state index is 14.0. The minimum absolute atomic E-state index is 0.0252. The number of fused-ring (bicyclic) bond motifs is 4. The summed E-state index contributed by atoms with van der Waals surface area (Å²) < 4.78 is 4.80. The Bertz CT molecular complexity index is 970. The third-order valence-corrected chi connectivity index (χ3v) is 11.2. The highest BCUT2D eigenvalue weighted by Crippen LogP contribution is 2.70. The molecule has 0 aliphatic heterocycles. The molecule has 4 rings (SSSR count). The number of hydrogen-bond acceptors (Lipinski definition) is 7. The zero-order valence-corrected chi connectivity index (χ0v) is 22.0. The number of hydrogen-bond donors (Lipinski definition) is 3. The van der Waals surface area contributed by atoms with Crippen molar-refractivity contribution in [2.45, 2.75) is 91.8 Å². The van der Waals surface area contributed by atoms with Crippen LogP contribution in [0.5, 0.6) is 0 Å². The summed E-state index contributed by atoms with van der Waals surface area (Å²) in [6, 6.07) is 0. The van der Waals surface area contributed by atoms with Crippen LogP contribution in [0.4, 0.5) is 0 Å². The van der Waals surface area contributed by atoms with Gasteiger partial charge in [-0.05, 0) is 66.8 Å². The number of esters is 1. The van der Waals surface area contributed by atoms with Crippen molar-refractivity contribution >= 4 is 17.5 Å². The lowest BCUT2D eigenvalue weighted by molar-refractivity contribution is -0.151. The summed E-state index contributed by atoms with van der Waals surface area (Å²) in [5, 5.41) is 32.6. The average molecular weight is 491 g/mol. The van der Waals surface area contributed by atoms with E-state index in [2.05, 4.69) is 0 Å². The molecule has 0 saturated heterocycles. The van der Waals surface area contributed by atoms with Gasteiger partial charge in [0.05, 0.1) is 31.3 Å². The van der Waals surface area contributed by atoms with Crippen LogP contribution in [0, 0.1) is 39.4 Å². The van der Waals surface area contributed by atoms with Gasteiger partial charge in [0.25, 0.3) is 0 Å². The Balaban J connectivity index is 1.82. The maximum absolute atomic E-state index is 14.0. The zero-order chi connectivity index (χ0) is 26.1. The molecule has 0 heterocycles. The number of allylic oxidation sites excluding steroid dienone is 1. The van der Waals surface area contributed by atoms with Crippen LogP contribution in [0.2, 0.25) is 0 Å². The van der Waals surface area contributed by atoms with Crippen molar-refractivity contribution in [2.24, 2.45) is 39.4 Å². The summed E-state index contributed by atoms with van der Waals surface area (Å²) in [6.45, 7) is 9.61. The maximum Gasteiger partial charge on any atom is 0.305 e. The number of methoxy groups -OCH3 is 1. The number of Topliss-reactive ketones (excluding diaryl/α,β-unsaturated/α-hetero) is 2. The molecule has 7 heteroatoms. The Morgan fingerprint density at radius 2 is 1.83 bits per heavy atom. The second-order valence-corrected chi connectivity index (χ2v) is 12.7. The molecule has 2 saturated carbocycles. The van der Waals surface area contributed by atoms with E-state index in [0.29, 0.717) is 43.3 Å². The van der Waals surface area contributed by atoms with E-state index in [1.165, 1.54) is 7.11 Å². The average Bonchev–Trinajstić information content (AvgIpc) is 3.02. The molecule has 0 amide bonds. The fourth-order valence-corrected chi connectivity index (χ4v) is 8.80. The molecule has 7 nitrogen and oxygen atoms in total. The number of carbonyl (C=O) groups excluding carboxylic acids is 3. The van der Waals surface area contributed by atoms with E-state index in [1.54, 1.807) is 0 Å². The summed E-state index contributed by atoms with van der Waals surface area (Å²) in [7, 11) is 1.36. The van der Waals surface area contributed by atoms with Crippen LogP contribution >= 0.6 is 0 Å². The van der Waals surface area contributed by atoms with Crippen molar-refractivity contribution < 1.29 is 34.4 Å². The van der Waals surface area contributed by atoms with Gasteiger partial charge in [0.1, 0.15) is 5.78 Å². The molecular weight excluding hydrogens is 448 g/mol. The third-order valence-electron chi connectivity index (χ3n) is 11.2. The van der Waals surface area contributed by atoms with E-state index in [9.17, 15) is 29.7 Å². The van der Waals surface area contributed by atoms with Gasteiger partial charge < -0.3 is 20.1 Å². The van der Waals surface area contributed by atoms with Gasteiger partial charge in [0.15, 0.2) is 5.78 Å². The van der Waals surface area contributed by atoms with Crippen molar-refractivity contribution in [2.75, 3.05) is 13.7 Å². The third kappa shape index (κ3) is 3.37. The van der Waals surface area contributed by atoms with Crippen molar-refractivity contribution in [1.29, 1.82) is 0 Å². The Kier molecular flexibility index (Phi) is 6.43. The highest BCUT2D eigenvalue weighted by molar-refractivity contribution is 6.05. The molecule has 35 heavy (non-hydrogen) atoms. The number of aliphatic hydroxyl groups excluding tert-OH is 3. The zero-order valence-electron chi connectivity index (χ0n) is 22.0. The van der Waals surface area contributed by atoms with Gasteiger partial charge in [0.2, 0.25) is 0 Å². The first kappa shape index (κ1) is 26.5. The normalized spacial score (nSPS) is 46.1. The van der Waals surface area contributed by atoms with Crippen LogP contribution < -0.4 is 0 Å². The number of carbonyl (C=O) groups is 3. The Hall–Kier alpha value is -1.57. The van der Waals surface area contributed by atoms with E-state index in [0.717, 1.165) is 0 Å². The standard InChI is InChI=1S/C28H42O7/c1-15(7-8-22(34)35-6)16-11-21(33)28(5)24-17(30)12-19-25(2,10-9-20(32)26(19,3)14-29)23(24)18(31)13-27(16,28)4/h15-17,19-20,29-30,32H,7-14H2,1-6H3/t15?,16-,17+,19-,20+,25+,26+,27-,28+/m1/s1. The second-order valence-electron chi connectivity index (χ2n) is 12.7. The first-order chi connectivity index (χ1) is 16.2. The molecule has 9 atom stereocenters. The molecule has 0 aromatic rings. The highest BCUT2D eigenvalue weighted by Gasteiger charge is 2.70. The number of rotatable bonds is 5. The van der Waals surface area contributed by atoms with Crippen LogP contribution in [-0.4, -0.2) is 58.8 Å². The number of ketones is 2. The number of aliphatic hydroxyl groups is 3. The lowest BCUT2D eigenvalue weighted by Crippen LogP contribution is -2.62. The van der Waals surface area contributed by atoms with Crippen molar-refractivity contribution in [3.8, 4) is 0 Å². The first-order valence-electron chi connectivity index (χ1n) is 13.1. The predicted octanol–water partition coefficient (Wildman–Crippen LogP) is 2.99. The SMILES string of the molecule is COC(=O)CCC(C)[C@H]1CC(=O)[C@@]2(C)C3=C(C(=O)C[C@]12C)[C@@]1(C)CC[C@H](O)[C@@](C)(CO)[C@@H]1C[C@@H]3O. The van der Waals surface area contributed by atoms with E-state index in [1.807, 2.05) is 34.6 Å². The summed E-state index contributed by atoms with van der Waals surface area (Å²) >= 11 is 0. The minimum atomic E-state index is -0.985. The molecule has 196 valence electrons. The van der Waals surface area contributed by atoms with Gasteiger partial charge in [-0.3, -0.25) is 14.4 Å². The summed E-state index contributed by atoms with van der Waals surface area (Å²) in [4.78, 5) is 39.6. The molecule has 0 radical (unpaired) electrons. The van der Waals surface area contributed by atoms with E-state index >= 15 is 0 Å². The lowest BCUT2D eigenvalue weighted by Gasteiger charge is -2.62. The molecule has 1 unspecified atom stereocenters. The van der Waals surface area contributed by atoms with Gasteiger partial charge in [0, 0.05) is 30.3 Å². The smallest absolute Gasteiger partial charge is 0.305 e. The molecular formula is C28H42O7. The fraction of sp³-hybridized carbons (Fsp3) is 0.821. The van der Waals surface area contributed by atoms with Crippen LogP contribution in [0.3, 0.4) is 0 Å². The van der Waals surface area contributed by atoms with Crippen LogP contribution in [0.15, 0.2) is 11.1 Å². The van der Waals surface area contributed by atoms with Gasteiger partial charge in [-0.15, -0.1) is 0 Å². The summed E-state index contributed by atoms with van der Waals surface area (Å²) in [5.41, 5.74) is -1.93. The Labute approximate surface area is 208 Å². The molecule has 0 aromatic heterocycles. The fourth-order valence-electron chi connectivity index (χ4n) is 8.80. The molecule has 0 aromatic carbocycles. The Morgan fingerprint density at radius 1 is 1.17 bits per heavy atom. The quantitative estimate of drug-likeness (QED) is 0.507. The van der Waals surface area contributed by atoms with Crippen molar-refractivity contribution in [3.63, 3.8) is 0 Å². The van der Waals surface area contributed by atoms with Crippen LogP contribution in [0.25, 0.3) is 0 Å². The lowest BCUT2D eigenvalue weighted by atomic mass is 9.42. The summed E-state index contributed by atoms with van der Waals surface area (Å²) in [6.07, 6.45) is 1.01.